The van der Waals surface area contributed by atoms with Crippen molar-refractivity contribution in [2.45, 2.75) is 38.4 Å². The van der Waals surface area contributed by atoms with Gasteiger partial charge in [-0.2, -0.15) is 13.2 Å². The Morgan fingerprint density at radius 2 is 2.10 bits per heavy atom. The number of hydrogen-bond donors (Lipinski definition) is 0. The minimum atomic E-state index is -4.37. The van der Waals surface area contributed by atoms with Gasteiger partial charge in [-0.1, -0.05) is 12.1 Å². The number of carbonyl (C=O) groups is 1. The normalized spacial score (nSPS) is 20.0. The van der Waals surface area contributed by atoms with E-state index in [0.717, 1.165) is 31.4 Å². The van der Waals surface area contributed by atoms with Crippen LogP contribution in [0.5, 0.6) is 0 Å². The van der Waals surface area contributed by atoms with Gasteiger partial charge in [-0.15, -0.1) is 0 Å². The molecule has 2 rings (SSSR count). The third-order valence-electron chi connectivity index (χ3n) is 3.72. The van der Waals surface area contributed by atoms with E-state index in [1.54, 1.807) is 11.0 Å². The van der Waals surface area contributed by atoms with Crippen LogP contribution < -0.4 is 0 Å². The Morgan fingerprint density at radius 1 is 1.33 bits per heavy atom. The SMILES string of the molecule is CC1CCCCN1C(=O)/C=C/c1cccc(C(F)(F)F)c1. The lowest BCUT2D eigenvalue weighted by Gasteiger charge is -2.32. The number of carbonyl (C=O) groups excluding carboxylic acids is 1. The van der Waals surface area contributed by atoms with Gasteiger partial charge in [-0.3, -0.25) is 4.79 Å². The Labute approximate surface area is 122 Å². The van der Waals surface area contributed by atoms with E-state index in [-0.39, 0.29) is 11.9 Å². The van der Waals surface area contributed by atoms with E-state index in [0.29, 0.717) is 12.1 Å². The van der Waals surface area contributed by atoms with E-state index in [1.807, 2.05) is 6.92 Å². The maximum absolute atomic E-state index is 12.6. The molecule has 0 aliphatic carbocycles. The number of alkyl halides is 3. The van der Waals surface area contributed by atoms with Gasteiger partial charge in [0.05, 0.1) is 5.56 Å². The Bertz CT molecular complexity index is 537. The molecule has 0 radical (unpaired) electrons. The van der Waals surface area contributed by atoms with E-state index in [4.69, 9.17) is 0 Å². The van der Waals surface area contributed by atoms with Crippen LogP contribution in [0.4, 0.5) is 13.2 Å². The van der Waals surface area contributed by atoms with E-state index >= 15 is 0 Å². The van der Waals surface area contributed by atoms with Gasteiger partial charge in [0.1, 0.15) is 0 Å². The van der Waals surface area contributed by atoms with Crippen molar-refractivity contribution in [3.63, 3.8) is 0 Å². The van der Waals surface area contributed by atoms with Crippen molar-refractivity contribution in [3.05, 3.63) is 41.5 Å². The standard InChI is InChI=1S/C16H18F3NO/c1-12-5-2-3-10-20(12)15(21)9-8-13-6-4-7-14(11-13)16(17,18)19/h4,6-9,11-12H,2-3,5,10H2,1H3/b9-8+. The van der Waals surface area contributed by atoms with Crippen LogP contribution in [0.1, 0.15) is 37.3 Å². The van der Waals surface area contributed by atoms with Crippen molar-refractivity contribution in [1.29, 1.82) is 0 Å². The third kappa shape index (κ3) is 4.09. The lowest BCUT2D eigenvalue weighted by atomic mass is 10.0. The number of piperidine rings is 1. The fourth-order valence-electron chi connectivity index (χ4n) is 2.51. The summed E-state index contributed by atoms with van der Waals surface area (Å²) in [5.74, 6) is -0.139. The molecule has 0 aromatic heterocycles. The summed E-state index contributed by atoms with van der Waals surface area (Å²) in [5, 5.41) is 0. The number of likely N-dealkylation sites (tertiary alicyclic amines) is 1. The second kappa shape index (κ2) is 6.33. The summed E-state index contributed by atoms with van der Waals surface area (Å²) in [6, 6.07) is 5.15. The van der Waals surface area contributed by atoms with Crippen LogP contribution in [0, 0.1) is 0 Å². The molecule has 1 fully saturated rings. The second-order valence-corrected chi connectivity index (χ2v) is 5.33. The van der Waals surface area contributed by atoms with Gasteiger partial charge >= 0.3 is 6.18 Å². The number of halogens is 3. The summed E-state index contributed by atoms with van der Waals surface area (Å²) in [4.78, 5) is 13.9. The van der Waals surface area contributed by atoms with Crippen LogP contribution >= 0.6 is 0 Å². The molecule has 0 spiro atoms. The van der Waals surface area contributed by atoms with Crippen LogP contribution in [0.25, 0.3) is 6.08 Å². The van der Waals surface area contributed by atoms with Crippen molar-refractivity contribution in [2.24, 2.45) is 0 Å². The predicted octanol–water partition coefficient (Wildman–Crippen LogP) is 4.12. The fraction of sp³-hybridized carbons (Fsp3) is 0.438. The predicted molar refractivity (Wildman–Crippen MR) is 75.5 cm³/mol. The molecule has 0 bridgehead atoms. The number of rotatable bonds is 2. The smallest absolute Gasteiger partial charge is 0.336 e. The van der Waals surface area contributed by atoms with E-state index in [1.165, 1.54) is 18.2 Å². The van der Waals surface area contributed by atoms with Crippen molar-refractivity contribution in [1.82, 2.24) is 4.90 Å². The van der Waals surface area contributed by atoms with Gasteiger partial charge < -0.3 is 4.90 Å². The molecule has 5 heteroatoms. The van der Waals surface area contributed by atoms with Crippen molar-refractivity contribution >= 4 is 12.0 Å². The molecule has 1 aromatic carbocycles. The third-order valence-corrected chi connectivity index (χ3v) is 3.72. The molecule has 1 aliphatic rings. The van der Waals surface area contributed by atoms with Gasteiger partial charge in [-0.05, 0) is 50.0 Å². The highest BCUT2D eigenvalue weighted by Gasteiger charge is 2.30. The highest BCUT2D eigenvalue weighted by atomic mass is 19.4. The molecule has 1 aromatic rings. The lowest BCUT2D eigenvalue weighted by Crippen LogP contribution is -2.41. The molecule has 1 amide bonds. The van der Waals surface area contributed by atoms with Crippen LogP contribution in [-0.4, -0.2) is 23.4 Å². The van der Waals surface area contributed by atoms with E-state index < -0.39 is 11.7 Å². The minimum Gasteiger partial charge on any atom is -0.336 e. The zero-order chi connectivity index (χ0) is 15.5. The molecule has 1 saturated heterocycles. The first-order valence-electron chi connectivity index (χ1n) is 7.04. The van der Waals surface area contributed by atoms with Crippen LogP contribution in [0.15, 0.2) is 30.3 Å². The van der Waals surface area contributed by atoms with Gasteiger partial charge in [0, 0.05) is 18.7 Å². The van der Waals surface area contributed by atoms with Gasteiger partial charge in [-0.25, -0.2) is 0 Å². The fourth-order valence-corrected chi connectivity index (χ4v) is 2.51. The molecule has 1 unspecified atom stereocenters. The summed E-state index contributed by atoms with van der Waals surface area (Å²) in [5.41, 5.74) is -0.328. The van der Waals surface area contributed by atoms with Gasteiger partial charge in [0.2, 0.25) is 5.91 Å². The molecule has 1 aliphatic heterocycles. The quantitative estimate of drug-likeness (QED) is 0.752. The topological polar surface area (TPSA) is 20.3 Å². The molecule has 1 heterocycles. The maximum atomic E-state index is 12.6. The zero-order valence-corrected chi connectivity index (χ0v) is 11.9. The van der Waals surface area contributed by atoms with E-state index in [2.05, 4.69) is 0 Å². The summed E-state index contributed by atoms with van der Waals surface area (Å²) in [7, 11) is 0. The van der Waals surface area contributed by atoms with Crippen molar-refractivity contribution in [2.75, 3.05) is 6.54 Å². The number of hydrogen-bond acceptors (Lipinski definition) is 1. The van der Waals surface area contributed by atoms with Crippen LogP contribution in [-0.2, 0) is 11.0 Å². The Kier molecular flexibility index (Phi) is 4.70. The Morgan fingerprint density at radius 3 is 2.76 bits per heavy atom. The Balaban J connectivity index is 2.08. The second-order valence-electron chi connectivity index (χ2n) is 5.33. The van der Waals surface area contributed by atoms with Crippen LogP contribution in [0.2, 0.25) is 0 Å². The number of benzene rings is 1. The first-order chi connectivity index (χ1) is 9.88. The zero-order valence-electron chi connectivity index (χ0n) is 11.9. The van der Waals surface area contributed by atoms with Crippen molar-refractivity contribution in [3.8, 4) is 0 Å². The van der Waals surface area contributed by atoms with Crippen LogP contribution in [0.3, 0.4) is 0 Å². The molecular weight excluding hydrogens is 279 g/mol. The summed E-state index contributed by atoms with van der Waals surface area (Å²) in [6.45, 7) is 2.71. The molecule has 0 saturated carbocycles. The van der Waals surface area contributed by atoms with Gasteiger partial charge in [0.15, 0.2) is 0 Å². The highest BCUT2D eigenvalue weighted by molar-refractivity contribution is 5.92. The summed E-state index contributed by atoms with van der Waals surface area (Å²) in [6.07, 6.45) is 1.50. The largest absolute Gasteiger partial charge is 0.416 e. The molecular formula is C16H18F3NO. The number of nitrogens with zero attached hydrogens (tertiary/aromatic N) is 1. The first kappa shape index (κ1) is 15.6. The minimum absolute atomic E-state index is 0.139. The maximum Gasteiger partial charge on any atom is 0.416 e. The molecule has 2 nitrogen and oxygen atoms in total. The highest BCUT2D eigenvalue weighted by Crippen LogP contribution is 2.29. The average molecular weight is 297 g/mol. The molecule has 0 N–H and O–H groups in total. The van der Waals surface area contributed by atoms with E-state index in [9.17, 15) is 18.0 Å². The molecule has 1 atom stereocenters. The lowest BCUT2D eigenvalue weighted by molar-refractivity contribution is -0.137. The number of amides is 1. The average Bonchev–Trinajstić information content (AvgIpc) is 2.45. The van der Waals surface area contributed by atoms with Crippen molar-refractivity contribution < 1.29 is 18.0 Å². The molecule has 21 heavy (non-hydrogen) atoms. The van der Waals surface area contributed by atoms with Gasteiger partial charge in [0.25, 0.3) is 0 Å². The summed E-state index contributed by atoms with van der Waals surface area (Å²) < 4.78 is 37.8. The Hall–Kier alpha value is -1.78. The monoisotopic (exact) mass is 297 g/mol. The molecule has 114 valence electrons. The first-order valence-corrected chi connectivity index (χ1v) is 7.04. The summed E-state index contributed by atoms with van der Waals surface area (Å²) >= 11 is 0.